The SMILES string of the molecule is CCOc1cc(C)c(C(=O)OO)c(C)c1. The molecule has 0 amide bonds. The quantitative estimate of drug-likeness (QED) is 0.614. The number of aryl methyl sites for hydroxylation is 2. The average Bonchev–Trinajstić information content (AvgIpc) is 2.16. The molecule has 0 heterocycles. The van der Waals surface area contributed by atoms with Gasteiger partial charge in [0.1, 0.15) is 5.75 Å². The molecule has 1 aromatic carbocycles. The van der Waals surface area contributed by atoms with Crippen LogP contribution in [0.15, 0.2) is 12.1 Å². The van der Waals surface area contributed by atoms with Gasteiger partial charge in [0.05, 0.1) is 12.2 Å². The summed E-state index contributed by atoms with van der Waals surface area (Å²) in [7, 11) is 0. The van der Waals surface area contributed by atoms with E-state index in [0.717, 1.165) is 11.1 Å². The van der Waals surface area contributed by atoms with Crippen LogP contribution in [0, 0.1) is 13.8 Å². The maximum Gasteiger partial charge on any atom is 0.373 e. The molecule has 82 valence electrons. The largest absolute Gasteiger partial charge is 0.494 e. The molecule has 1 N–H and O–H groups in total. The molecule has 0 aliphatic carbocycles. The van der Waals surface area contributed by atoms with Crippen molar-refractivity contribution in [3.63, 3.8) is 0 Å². The summed E-state index contributed by atoms with van der Waals surface area (Å²) >= 11 is 0. The molecule has 15 heavy (non-hydrogen) atoms. The lowest BCUT2D eigenvalue weighted by Gasteiger charge is -2.10. The van der Waals surface area contributed by atoms with E-state index in [2.05, 4.69) is 4.89 Å². The minimum atomic E-state index is -0.743. The fourth-order valence-corrected chi connectivity index (χ4v) is 1.54. The fourth-order valence-electron chi connectivity index (χ4n) is 1.54. The molecule has 0 radical (unpaired) electrons. The highest BCUT2D eigenvalue weighted by molar-refractivity contribution is 5.92. The normalized spacial score (nSPS) is 9.87. The Morgan fingerprint density at radius 2 is 1.87 bits per heavy atom. The van der Waals surface area contributed by atoms with E-state index in [1.807, 2.05) is 6.92 Å². The predicted octanol–water partition coefficient (Wildman–Crippen LogP) is 2.33. The first-order valence-electron chi connectivity index (χ1n) is 4.70. The highest BCUT2D eigenvalue weighted by Gasteiger charge is 2.15. The number of hydrogen-bond donors (Lipinski definition) is 1. The van der Waals surface area contributed by atoms with E-state index in [4.69, 9.17) is 9.99 Å². The van der Waals surface area contributed by atoms with Crippen LogP contribution in [0.25, 0.3) is 0 Å². The van der Waals surface area contributed by atoms with Crippen LogP contribution in [-0.4, -0.2) is 17.8 Å². The lowest BCUT2D eigenvalue weighted by atomic mass is 10.0. The van der Waals surface area contributed by atoms with Crippen LogP contribution in [0.4, 0.5) is 0 Å². The number of rotatable bonds is 3. The van der Waals surface area contributed by atoms with Gasteiger partial charge in [-0.1, -0.05) is 0 Å². The van der Waals surface area contributed by atoms with Crippen molar-refractivity contribution in [2.75, 3.05) is 6.61 Å². The third-order valence-corrected chi connectivity index (χ3v) is 2.10. The smallest absolute Gasteiger partial charge is 0.373 e. The average molecular weight is 210 g/mol. The first kappa shape index (κ1) is 11.5. The Kier molecular flexibility index (Phi) is 3.68. The predicted molar refractivity (Wildman–Crippen MR) is 55.1 cm³/mol. The maximum absolute atomic E-state index is 11.2. The molecule has 4 nitrogen and oxygen atoms in total. The summed E-state index contributed by atoms with van der Waals surface area (Å²) in [5.74, 6) is -0.0324. The van der Waals surface area contributed by atoms with Gasteiger partial charge in [-0.05, 0) is 44.0 Å². The Morgan fingerprint density at radius 1 is 1.33 bits per heavy atom. The zero-order valence-electron chi connectivity index (χ0n) is 9.03. The number of hydrogen-bond acceptors (Lipinski definition) is 4. The monoisotopic (exact) mass is 210 g/mol. The summed E-state index contributed by atoms with van der Waals surface area (Å²) in [6.07, 6.45) is 0. The first-order valence-corrected chi connectivity index (χ1v) is 4.70. The lowest BCUT2D eigenvalue weighted by Crippen LogP contribution is -2.07. The molecule has 0 saturated heterocycles. The molecular formula is C11H14O4. The van der Waals surface area contributed by atoms with Crippen molar-refractivity contribution in [1.82, 2.24) is 0 Å². The number of carbonyl (C=O) groups is 1. The molecule has 0 aliphatic heterocycles. The Hall–Kier alpha value is -1.55. The second-order valence-corrected chi connectivity index (χ2v) is 3.24. The third-order valence-electron chi connectivity index (χ3n) is 2.10. The second-order valence-electron chi connectivity index (χ2n) is 3.24. The van der Waals surface area contributed by atoms with Gasteiger partial charge < -0.3 is 4.74 Å². The van der Waals surface area contributed by atoms with Crippen molar-refractivity contribution in [3.05, 3.63) is 28.8 Å². The van der Waals surface area contributed by atoms with Crippen LogP contribution in [0.1, 0.15) is 28.4 Å². The minimum absolute atomic E-state index is 0.376. The zero-order valence-corrected chi connectivity index (χ0v) is 9.03. The molecule has 1 aromatic rings. The Morgan fingerprint density at radius 3 is 2.27 bits per heavy atom. The van der Waals surface area contributed by atoms with Crippen molar-refractivity contribution >= 4 is 5.97 Å². The summed E-state index contributed by atoms with van der Waals surface area (Å²) in [4.78, 5) is 14.9. The molecule has 0 aliphatic rings. The summed E-state index contributed by atoms with van der Waals surface area (Å²) in [5, 5.41) is 8.33. The summed E-state index contributed by atoms with van der Waals surface area (Å²) in [6.45, 7) is 5.99. The van der Waals surface area contributed by atoms with Gasteiger partial charge in [0.15, 0.2) is 0 Å². The lowest BCUT2D eigenvalue weighted by molar-refractivity contribution is -0.182. The van der Waals surface area contributed by atoms with Gasteiger partial charge in [0.2, 0.25) is 0 Å². The zero-order chi connectivity index (χ0) is 11.4. The number of benzene rings is 1. The van der Waals surface area contributed by atoms with Crippen molar-refractivity contribution < 1.29 is 19.7 Å². The van der Waals surface area contributed by atoms with Gasteiger partial charge in [0.25, 0.3) is 0 Å². The van der Waals surface area contributed by atoms with Crippen molar-refractivity contribution in [1.29, 1.82) is 0 Å². The van der Waals surface area contributed by atoms with E-state index >= 15 is 0 Å². The maximum atomic E-state index is 11.2. The van der Waals surface area contributed by atoms with Crippen LogP contribution in [-0.2, 0) is 4.89 Å². The number of ether oxygens (including phenoxy) is 1. The molecule has 0 bridgehead atoms. The van der Waals surface area contributed by atoms with Crippen molar-refractivity contribution in [3.8, 4) is 5.75 Å². The van der Waals surface area contributed by atoms with Crippen LogP contribution in [0.3, 0.4) is 0 Å². The van der Waals surface area contributed by atoms with Crippen molar-refractivity contribution in [2.45, 2.75) is 20.8 Å². The number of carbonyl (C=O) groups excluding carboxylic acids is 1. The second kappa shape index (κ2) is 4.79. The van der Waals surface area contributed by atoms with Crippen LogP contribution < -0.4 is 4.74 Å². The molecule has 4 heteroatoms. The molecule has 0 unspecified atom stereocenters. The topological polar surface area (TPSA) is 55.8 Å². The van der Waals surface area contributed by atoms with E-state index in [1.54, 1.807) is 26.0 Å². The van der Waals surface area contributed by atoms with Gasteiger partial charge in [-0.15, -0.1) is 0 Å². The molecular weight excluding hydrogens is 196 g/mol. The van der Waals surface area contributed by atoms with Gasteiger partial charge in [-0.25, -0.2) is 4.79 Å². The van der Waals surface area contributed by atoms with Gasteiger partial charge in [-0.2, -0.15) is 5.26 Å². The fraction of sp³-hybridized carbons (Fsp3) is 0.364. The molecule has 0 saturated carbocycles. The standard InChI is InChI=1S/C11H14O4/c1-4-14-9-5-7(2)10(8(3)6-9)11(12)15-13/h5-6,13H,4H2,1-3H3. The van der Waals surface area contributed by atoms with Crippen LogP contribution in [0.5, 0.6) is 5.75 Å². The Balaban J connectivity index is 3.15. The highest BCUT2D eigenvalue weighted by Crippen LogP contribution is 2.22. The van der Waals surface area contributed by atoms with Gasteiger partial charge in [-0.3, -0.25) is 4.89 Å². The van der Waals surface area contributed by atoms with E-state index in [9.17, 15) is 4.79 Å². The Labute approximate surface area is 88.4 Å². The molecule has 0 spiro atoms. The van der Waals surface area contributed by atoms with E-state index < -0.39 is 5.97 Å². The van der Waals surface area contributed by atoms with Crippen molar-refractivity contribution in [2.24, 2.45) is 0 Å². The summed E-state index contributed by atoms with van der Waals surface area (Å²) < 4.78 is 5.32. The van der Waals surface area contributed by atoms with E-state index in [1.165, 1.54) is 0 Å². The first-order chi connectivity index (χ1) is 7.10. The summed E-state index contributed by atoms with van der Waals surface area (Å²) in [5.41, 5.74) is 1.82. The van der Waals surface area contributed by atoms with Gasteiger partial charge >= 0.3 is 5.97 Å². The van der Waals surface area contributed by atoms with Crippen LogP contribution >= 0.6 is 0 Å². The molecule has 0 atom stereocenters. The molecule has 1 rings (SSSR count). The van der Waals surface area contributed by atoms with E-state index in [-0.39, 0.29) is 0 Å². The Bertz CT molecular complexity index is 348. The van der Waals surface area contributed by atoms with Gasteiger partial charge in [0, 0.05) is 0 Å². The molecule has 0 fully saturated rings. The summed E-state index contributed by atoms with van der Waals surface area (Å²) in [6, 6.07) is 3.48. The highest BCUT2D eigenvalue weighted by atomic mass is 17.1. The molecule has 0 aromatic heterocycles. The van der Waals surface area contributed by atoms with E-state index in [0.29, 0.717) is 17.9 Å². The third kappa shape index (κ3) is 2.47. The van der Waals surface area contributed by atoms with Crippen LogP contribution in [0.2, 0.25) is 0 Å². The minimum Gasteiger partial charge on any atom is -0.494 e.